The molecule has 0 heterocycles. The molecule has 0 saturated heterocycles. The van der Waals surface area contributed by atoms with E-state index in [-0.39, 0.29) is 24.2 Å². The second-order valence-electron chi connectivity index (χ2n) is 3.45. The monoisotopic (exact) mass is 251 g/mol. The lowest BCUT2D eigenvalue weighted by Crippen LogP contribution is -2.35. The molecule has 96 valence electrons. The maximum Gasteiger partial charge on any atom is 0.488 e. The number of aldehydes is 1. The van der Waals surface area contributed by atoms with Gasteiger partial charge >= 0.3 is 7.12 Å². The summed E-state index contributed by atoms with van der Waals surface area (Å²) >= 11 is 0. The number of carbonyl (C=O) groups is 2. The van der Waals surface area contributed by atoms with Crippen LogP contribution >= 0.6 is 0 Å². The Morgan fingerprint density at radius 1 is 1.50 bits per heavy atom. The van der Waals surface area contributed by atoms with Crippen LogP contribution in [0.5, 0.6) is 0 Å². The Morgan fingerprint density at radius 2 is 2.22 bits per heavy atom. The summed E-state index contributed by atoms with van der Waals surface area (Å²) < 4.78 is 0. The summed E-state index contributed by atoms with van der Waals surface area (Å²) in [7, 11) is -1.65. The van der Waals surface area contributed by atoms with E-state index < -0.39 is 13.0 Å². The van der Waals surface area contributed by atoms with E-state index in [0.717, 1.165) is 5.06 Å². The van der Waals surface area contributed by atoms with Gasteiger partial charge in [0.15, 0.2) is 0 Å². The largest absolute Gasteiger partial charge is 0.488 e. The standard InChI is InChI=1S/C11H14BNO5/c1-2-18-13(6-7-14)11(15)9-4-3-5-10(8-9)12(16)17/h3-5,7-8,16-17H,2,6H2,1H3. The van der Waals surface area contributed by atoms with Gasteiger partial charge in [-0.1, -0.05) is 12.1 Å². The van der Waals surface area contributed by atoms with Crippen molar-refractivity contribution in [2.24, 2.45) is 0 Å². The van der Waals surface area contributed by atoms with Crippen molar-refractivity contribution in [3.63, 3.8) is 0 Å². The van der Waals surface area contributed by atoms with Crippen LogP contribution in [-0.2, 0) is 9.63 Å². The lowest BCUT2D eigenvalue weighted by Gasteiger charge is -2.18. The molecule has 0 aliphatic rings. The van der Waals surface area contributed by atoms with Crippen molar-refractivity contribution < 1.29 is 24.5 Å². The zero-order valence-corrected chi connectivity index (χ0v) is 9.94. The van der Waals surface area contributed by atoms with Gasteiger partial charge in [0, 0.05) is 5.56 Å². The van der Waals surface area contributed by atoms with Crippen LogP contribution in [0.4, 0.5) is 0 Å². The minimum absolute atomic E-state index is 0.182. The van der Waals surface area contributed by atoms with Crippen LogP contribution in [0.1, 0.15) is 17.3 Å². The number of nitrogens with zero attached hydrogens (tertiary/aromatic N) is 1. The summed E-state index contributed by atoms with van der Waals surface area (Å²) in [6.07, 6.45) is 0.554. The van der Waals surface area contributed by atoms with Crippen LogP contribution in [0.2, 0.25) is 0 Å². The molecule has 18 heavy (non-hydrogen) atoms. The Labute approximate surface area is 105 Å². The van der Waals surface area contributed by atoms with Gasteiger partial charge in [-0.2, -0.15) is 0 Å². The molecule has 1 aromatic carbocycles. The first-order valence-corrected chi connectivity index (χ1v) is 5.44. The Balaban J connectivity index is 2.93. The number of benzene rings is 1. The van der Waals surface area contributed by atoms with E-state index in [4.69, 9.17) is 14.9 Å². The number of amides is 1. The number of hydrogen-bond acceptors (Lipinski definition) is 5. The van der Waals surface area contributed by atoms with E-state index in [9.17, 15) is 9.59 Å². The molecule has 1 aromatic rings. The van der Waals surface area contributed by atoms with E-state index in [0.29, 0.717) is 6.29 Å². The highest BCUT2D eigenvalue weighted by Gasteiger charge is 2.18. The molecule has 0 atom stereocenters. The SMILES string of the molecule is CCON(CC=O)C(=O)c1cccc(B(O)O)c1. The van der Waals surface area contributed by atoms with E-state index >= 15 is 0 Å². The lowest BCUT2D eigenvalue weighted by atomic mass is 9.79. The zero-order chi connectivity index (χ0) is 13.5. The van der Waals surface area contributed by atoms with Crippen LogP contribution < -0.4 is 5.46 Å². The smallest absolute Gasteiger partial charge is 0.423 e. The number of carbonyl (C=O) groups excluding carboxylic acids is 2. The van der Waals surface area contributed by atoms with Gasteiger partial charge in [-0.25, -0.2) is 5.06 Å². The predicted octanol–water partition coefficient (Wildman–Crippen LogP) is -1.04. The highest BCUT2D eigenvalue weighted by molar-refractivity contribution is 6.58. The maximum absolute atomic E-state index is 12.0. The molecule has 0 unspecified atom stereocenters. The minimum Gasteiger partial charge on any atom is -0.423 e. The van der Waals surface area contributed by atoms with Gasteiger partial charge in [0.25, 0.3) is 5.91 Å². The van der Waals surface area contributed by atoms with Gasteiger partial charge in [0.1, 0.15) is 12.8 Å². The molecule has 0 saturated carbocycles. The molecule has 7 heteroatoms. The molecule has 0 aliphatic heterocycles. The molecule has 1 amide bonds. The molecule has 0 aliphatic carbocycles. The fourth-order valence-electron chi connectivity index (χ4n) is 1.39. The number of hydroxylamine groups is 2. The fourth-order valence-corrected chi connectivity index (χ4v) is 1.39. The third-order valence-corrected chi connectivity index (χ3v) is 2.18. The van der Waals surface area contributed by atoms with Crippen molar-refractivity contribution >= 4 is 24.8 Å². The minimum atomic E-state index is -1.65. The number of hydrogen-bond donors (Lipinski definition) is 2. The van der Waals surface area contributed by atoms with Crippen molar-refractivity contribution in [2.75, 3.05) is 13.2 Å². The summed E-state index contributed by atoms with van der Waals surface area (Å²) in [5.41, 5.74) is 0.416. The summed E-state index contributed by atoms with van der Waals surface area (Å²) in [6.45, 7) is 1.76. The van der Waals surface area contributed by atoms with E-state index in [1.54, 1.807) is 6.92 Å². The van der Waals surface area contributed by atoms with Gasteiger partial charge in [-0.05, 0) is 24.5 Å². The molecular weight excluding hydrogens is 237 g/mol. The molecule has 0 aromatic heterocycles. The molecule has 0 fully saturated rings. The first-order chi connectivity index (χ1) is 8.60. The topological polar surface area (TPSA) is 87.1 Å². The van der Waals surface area contributed by atoms with Gasteiger partial charge < -0.3 is 14.8 Å². The number of rotatable bonds is 6. The second kappa shape index (κ2) is 6.90. The van der Waals surface area contributed by atoms with Crippen molar-refractivity contribution in [1.82, 2.24) is 5.06 Å². The Hall–Kier alpha value is -1.70. The zero-order valence-electron chi connectivity index (χ0n) is 9.94. The summed E-state index contributed by atoms with van der Waals surface area (Å²) in [5.74, 6) is -0.508. The second-order valence-corrected chi connectivity index (χ2v) is 3.45. The summed E-state index contributed by atoms with van der Waals surface area (Å²) in [4.78, 5) is 27.5. The van der Waals surface area contributed by atoms with Crippen molar-refractivity contribution in [2.45, 2.75) is 6.92 Å². The normalized spacial score (nSPS) is 9.94. The van der Waals surface area contributed by atoms with Crippen LogP contribution in [0.3, 0.4) is 0 Å². The van der Waals surface area contributed by atoms with Crippen LogP contribution in [0, 0.1) is 0 Å². The first-order valence-electron chi connectivity index (χ1n) is 5.44. The Morgan fingerprint density at radius 3 is 2.78 bits per heavy atom. The van der Waals surface area contributed by atoms with Crippen LogP contribution in [-0.4, -0.2) is 47.6 Å². The van der Waals surface area contributed by atoms with Gasteiger partial charge in [0.2, 0.25) is 0 Å². The van der Waals surface area contributed by atoms with Gasteiger partial charge in [0.05, 0.1) is 6.61 Å². The maximum atomic E-state index is 12.0. The quantitative estimate of drug-likeness (QED) is 0.383. The summed E-state index contributed by atoms with van der Waals surface area (Å²) in [5, 5.41) is 19.0. The van der Waals surface area contributed by atoms with Crippen molar-refractivity contribution in [1.29, 1.82) is 0 Å². The van der Waals surface area contributed by atoms with Gasteiger partial charge in [-0.15, -0.1) is 0 Å². The highest BCUT2D eigenvalue weighted by Crippen LogP contribution is 2.04. The summed E-state index contributed by atoms with van der Waals surface area (Å²) in [6, 6.07) is 5.84. The molecule has 0 radical (unpaired) electrons. The Kier molecular flexibility index (Phi) is 5.51. The molecular formula is C11H14BNO5. The van der Waals surface area contributed by atoms with E-state index in [2.05, 4.69) is 0 Å². The molecule has 0 spiro atoms. The van der Waals surface area contributed by atoms with Gasteiger partial charge in [-0.3, -0.25) is 9.63 Å². The fraction of sp³-hybridized carbons (Fsp3) is 0.273. The van der Waals surface area contributed by atoms with E-state index in [1.165, 1.54) is 24.3 Å². The highest BCUT2D eigenvalue weighted by atomic mass is 16.7. The lowest BCUT2D eigenvalue weighted by molar-refractivity contribution is -0.133. The molecule has 0 bridgehead atoms. The third-order valence-electron chi connectivity index (χ3n) is 2.18. The Bertz CT molecular complexity index is 424. The first kappa shape index (κ1) is 14.4. The average Bonchev–Trinajstić information content (AvgIpc) is 2.38. The average molecular weight is 251 g/mol. The molecule has 2 N–H and O–H groups in total. The van der Waals surface area contributed by atoms with Crippen molar-refractivity contribution in [3.05, 3.63) is 29.8 Å². The van der Waals surface area contributed by atoms with E-state index in [1.807, 2.05) is 0 Å². The third kappa shape index (κ3) is 3.66. The molecule has 1 rings (SSSR count). The predicted molar refractivity (Wildman–Crippen MR) is 65.0 cm³/mol. The molecule has 6 nitrogen and oxygen atoms in total. The van der Waals surface area contributed by atoms with Crippen molar-refractivity contribution in [3.8, 4) is 0 Å². The van der Waals surface area contributed by atoms with Crippen LogP contribution in [0.25, 0.3) is 0 Å². The van der Waals surface area contributed by atoms with Crippen LogP contribution in [0.15, 0.2) is 24.3 Å².